The fraction of sp³-hybridized carbons (Fsp3) is 0.650. The number of benzene rings is 1. The lowest BCUT2D eigenvalue weighted by atomic mass is 9.67. The van der Waals surface area contributed by atoms with Gasteiger partial charge in [0.1, 0.15) is 5.60 Å². The predicted molar refractivity (Wildman–Crippen MR) is 90.1 cm³/mol. The van der Waals surface area contributed by atoms with Crippen LogP contribution in [0.1, 0.15) is 51.5 Å². The lowest BCUT2D eigenvalue weighted by molar-refractivity contribution is -0.160. The van der Waals surface area contributed by atoms with Crippen LogP contribution >= 0.6 is 0 Å². The van der Waals surface area contributed by atoms with E-state index in [4.69, 9.17) is 9.47 Å². The first kappa shape index (κ1) is 16.7. The molecule has 0 bridgehead atoms. The highest BCUT2D eigenvalue weighted by atomic mass is 16.5. The second kappa shape index (κ2) is 6.74. The maximum absolute atomic E-state index is 11.9. The quantitative estimate of drug-likeness (QED) is 0.584. The molecule has 1 aromatic rings. The average Bonchev–Trinajstić information content (AvgIpc) is 2.83. The summed E-state index contributed by atoms with van der Waals surface area (Å²) in [5, 5.41) is 0. The summed E-state index contributed by atoms with van der Waals surface area (Å²) >= 11 is 0. The minimum absolute atomic E-state index is 0.181. The lowest BCUT2D eigenvalue weighted by Crippen LogP contribution is -2.48. The summed E-state index contributed by atoms with van der Waals surface area (Å²) in [4.78, 5) is 11.9. The Bertz CT molecular complexity index is 525. The molecule has 2 fully saturated rings. The zero-order valence-electron chi connectivity index (χ0n) is 14.3. The molecular weight excluding hydrogens is 288 g/mol. The largest absolute Gasteiger partial charge is 0.377 e. The molecule has 0 unspecified atom stereocenters. The number of hydrogen-bond acceptors (Lipinski definition) is 3. The molecule has 126 valence electrons. The summed E-state index contributed by atoms with van der Waals surface area (Å²) in [6.45, 7) is 5.54. The zero-order chi connectivity index (χ0) is 16.3. The first-order valence-corrected chi connectivity index (χ1v) is 8.84. The molecule has 3 atom stereocenters. The van der Waals surface area contributed by atoms with Crippen LogP contribution in [-0.4, -0.2) is 24.1 Å². The summed E-state index contributed by atoms with van der Waals surface area (Å²) in [5.41, 5.74) is 0.439. The van der Waals surface area contributed by atoms with Gasteiger partial charge in [0.25, 0.3) is 0 Å². The molecule has 3 heteroatoms. The molecule has 1 aliphatic carbocycles. The molecule has 0 amide bonds. The number of carbonyl (C=O) groups is 1. The number of ether oxygens (including phenoxy) is 2. The third-order valence-corrected chi connectivity index (χ3v) is 5.48. The molecule has 1 saturated heterocycles. The molecule has 1 aromatic carbocycles. The Morgan fingerprint density at radius 1 is 1.26 bits per heavy atom. The summed E-state index contributed by atoms with van der Waals surface area (Å²) in [6.07, 6.45) is 6.38. The Hall–Kier alpha value is -1.19. The minimum atomic E-state index is -0.572. The van der Waals surface area contributed by atoms with E-state index in [1.165, 1.54) is 12.0 Å². The van der Waals surface area contributed by atoms with Crippen LogP contribution in [0, 0.1) is 11.8 Å². The van der Waals surface area contributed by atoms with Crippen LogP contribution in [0.4, 0.5) is 0 Å². The van der Waals surface area contributed by atoms with Gasteiger partial charge in [-0.3, -0.25) is 0 Å². The van der Waals surface area contributed by atoms with Crippen LogP contribution < -0.4 is 0 Å². The Morgan fingerprint density at radius 2 is 2.04 bits per heavy atom. The Balaban J connectivity index is 1.57. The van der Waals surface area contributed by atoms with Crippen molar-refractivity contribution in [1.29, 1.82) is 0 Å². The summed E-state index contributed by atoms with van der Waals surface area (Å²) in [7, 11) is 0. The van der Waals surface area contributed by atoms with Crippen LogP contribution in [-0.2, 0) is 20.9 Å². The molecular formula is C20H28O3. The first-order chi connectivity index (χ1) is 11.1. The van der Waals surface area contributed by atoms with E-state index in [0.29, 0.717) is 19.1 Å². The van der Waals surface area contributed by atoms with E-state index >= 15 is 0 Å². The fourth-order valence-corrected chi connectivity index (χ4v) is 4.51. The van der Waals surface area contributed by atoms with Crippen molar-refractivity contribution >= 4 is 6.29 Å². The Morgan fingerprint density at radius 3 is 2.78 bits per heavy atom. The van der Waals surface area contributed by atoms with E-state index < -0.39 is 5.60 Å². The van der Waals surface area contributed by atoms with Crippen molar-refractivity contribution in [1.82, 2.24) is 0 Å². The topological polar surface area (TPSA) is 35.5 Å². The van der Waals surface area contributed by atoms with E-state index in [0.717, 1.165) is 32.0 Å². The van der Waals surface area contributed by atoms with Crippen LogP contribution in [0.5, 0.6) is 0 Å². The Labute approximate surface area is 139 Å². The number of hydrogen-bond donors (Lipinski definition) is 0. The third-order valence-electron chi connectivity index (χ3n) is 5.48. The molecule has 0 spiro atoms. The highest BCUT2D eigenvalue weighted by Crippen LogP contribution is 2.52. The second-order valence-corrected chi connectivity index (χ2v) is 7.69. The molecule has 23 heavy (non-hydrogen) atoms. The summed E-state index contributed by atoms with van der Waals surface area (Å²) in [6, 6.07) is 10.2. The smallest absolute Gasteiger partial charge is 0.152 e. The third kappa shape index (κ3) is 3.51. The van der Waals surface area contributed by atoms with Crippen LogP contribution in [0.3, 0.4) is 0 Å². The van der Waals surface area contributed by atoms with Gasteiger partial charge in [-0.2, -0.15) is 0 Å². The summed E-state index contributed by atoms with van der Waals surface area (Å²) in [5.74, 6) is 0.666. The van der Waals surface area contributed by atoms with Gasteiger partial charge in [-0.15, -0.1) is 0 Å². The van der Waals surface area contributed by atoms with Crippen molar-refractivity contribution in [2.75, 3.05) is 6.61 Å². The van der Waals surface area contributed by atoms with Crippen LogP contribution in [0.15, 0.2) is 30.3 Å². The van der Waals surface area contributed by atoms with Gasteiger partial charge in [0.15, 0.2) is 6.29 Å². The summed E-state index contributed by atoms with van der Waals surface area (Å²) < 4.78 is 12.1. The highest BCUT2D eigenvalue weighted by molar-refractivity contribution is 5.65. The van der Waals surface area contributed by atoms with Gasteiger partial charge >= 0.3 is 0 Å². The highest BCUT2D eigenvalue weighted by Gasteiger charge is 2.57. The molecule has 0 N–H and O–H groups in total. The standard InChI is InChI=1S/C20H28O3/c1-19(2)13-18-10-6-9-17(20(18,15-21)23-19)11-12-22-14-16-7-4-3-5-8-16/h3-5,7-8,15,17-18H,6,9-14H2,1-2H3/t17-,18+,20-/m0/s1. The van der Waals surface area contributed by atoms with Gasteiger partial charge in [-0.25, -0.2) is 0 Å². The van der Waals surface area contributed by atoms with Crippen molar-refractivity contribution in [2.24, 2.45) is 11.8 Å². The van der Waals surface area contributed by atoms with Gasteiger partial charge in [0.05, 0.1) is 12.2 Å². The molecule has 1 saturated carbocycles. The number of aldehydes is 1. The maximum atomic E-state index is 11.9. The van der Waals surface area contributed by atoms with Crippen molar-refractivity contribution < 1.29 is 14.3 Å². The monoisotopic (exact) mass is 316 g/mol. The number of rotatable bonds is 6. The van der Waals surface area contributed by atoms with E-state index in [1.54, 1.807) is 0 Å². The second-order valence-electron chi connectivity index (χ2n) is 7.69. The van der Waals surface area contributed by atoms with Gasteiger partial charge in [-0.1, -0.05) is 36.8 Å². The maximum Gasteiger partial charge on any atom is 0.152 e. The number of fused-ring (bicyclic) bond motifs is 1. The molecule has 3 nitrogen and oxygen atoms in total. The van der Waals surface area contributed by atoms with Crippen molar-refractivity contribution in [3.8, 4) is 0 Å². The molecule has 1 aliphatic heterocycles. The van der Waals surface area contributed by atoms with E-state index in [-0.39, 0.29) is 11.5 Å². The lowest BCUT2D eigenvalue weighted by Gasteiger charge is -2.41. The minimum Gasteiger partial charge on any atom is -0.377 e. The SMILES string of the molecule is CC1(C)C[C@H]2CCC[C@@H](CCOCc3ccccc3)[C@]2(C=O)O1. The van der Waals surface area contributed by atoms with Crippen molar-refractivity contribution in [3.63, 3.8) is 0 Å². The van der Waals surface area contributed by atoms with Gasteiger partial charge < -0.3 is 14.3 Å². The van der Waals surface area contributed by atoms with Crippen LogP contribution in [0.25, 0.3) is 0 Å². The first-order valence-electron chi connectivity index (χ1n) is 8.84. The molecule has 3 rings (SSSR count). The Kier molecular flexibility index (Phi) is 4.88. The van der Waals surface area contributed by atoms with E-state index in [2.05, 4.69) is 26.0 Å². The zero-order valence-corrected chi connectivity index (χ0v) is 14.3. The average molecular weight is 316 g/mol. The van der Waals surface area contributed by atoms with Crippen molar-refractivity contribution in [3.05, 3.63) is 35.9 Å². The molecule has 2 aliphatic rings. The van der Waals surface area contributed by atoms with Crippen LogP contribution in [0.2, 0.25) is 0 Å². The van der Waals surface area contributed by atoms with E-state index in [9.17, 15) is 4.79 Å². The molecule has 1 heterocycles. The number of carbonyl (C=O) groups excluding carboxylic acids is 1. The van der Waals surface area contributed by atoms with Gasteiger partial charge in [0, 0.05) is 6.61 Å². The molecule has 0 aromatic heterocycles. The normalized spacial score (nSPS) is 32.4. The fourth-order valence-electron chi connectivity index (χ4n) is 4.51. The van der Waals surface area contributed by atoms with E-state index in [1.807, 2.05) is 18.2 Å². The van der Waals surface area contributed by atoms with Gasteiger partial charge in [-0.05, 0) is 56.9 Å². The predicted octanol–water partition coefficient (Wildman–Crippen LogP) is 4.15. The van der Waals surface area contributed by atoms with Crippen molar-refractivity contribution in [2.45, 2.75) is 63.8 Å². The van der Waals surface area contributed by atoms with Gasteiger partial charge in [0.2, 0.25) is 0 Å². The molecule has 0 radical (unpaired) electrons.